The number of nitrogens with one attached hydrogen (secondary N) is 2. The highest BCUT2D eigenvalue weighted by Crippen LogP contribution is 2.40. The molecule has 1 aliphatic heterocycles. The van der Waals surface area contributed by atoms with Crippen molar-refractivity contribution in [1.29, 1.82) is 0 Å². The van der Waals surface area contributed by atoms with Crippen molar-refractivity contribution < 1.29 is 18.7 Å². The van der Waals surface area contributed by atoms with Crippen LogP contribution in [-0.2, 0) is 0 Å². The van der Waals surface area contributed by atoms with Crippen LogP contribution >= 0.6 is 0 Å². The maximum atomic E-state index is 13.2. The first-order chi connectivity index (χ1) is 17.3. The van der Waals surface area contributed by atoms with E-state index in [9.17, 15) is 14.0 Å². The Bertz CT molecular complexity index is 1480. The Hall–Kier alpha value is -4.66. The zero-order chi connectivity index (χ0) is 25.3. The smallest absolute Gasteiger partial charge is 0.267 e. The predicted molar refractivity (Wildman–Crippen MR) is 134 cm³/mol. The quantitative estimate of drug-likeness (QED) is 0.412. The highest BCUT2D eigenvalue weighted by atomic mass is 19.1. The molecule has 0 aliphatic carbocycles. The third-order valence-electron chi connectivity index (χ3n) is 5.54. The molecule has 0 saturated carbocycles. The monoisotopic (exact) mass is 486 g/mol. The molecule has 0 unspecified atom stereocenters. The first-order valence-electron chi connectivity index (χ1n) is 11.3. The number of anilines is 2. The second kappa shape index (κ2) is 9.18. The molecule has 4 aromatic rings. The highest BCUT2D eigenvalue weighted by molar-refractivity contribution is 6.04. The molecule has 8 nitrogen and oxygen atoms in total. The summed E-state index contributed by atoms with van der Waals surface area (Å²) in [6, 6.07) is 16.9. The lowest BCUT2D eigenvalue weighted by molar-refractivity contribution is 0.102. The Morgan fingerprint density at radius 1 is 1.11 bits per heavy atom. The number of benzene rings is 2. The van der Waals surface area contributed by atoms with Gasteiger partial charge < -0.3 is 20.1 Å². The van der Waals surface area contributed by atoms with Gasteiger partial charge in [0, 0.05) is 29.8 Å². The van der Waals surface area contributed by atoms with E-state index in [-0.39, 0.29) is 11.1 Å². The van der Waals surface area contributed by atoms with Crippen LogP contribution in [0.4, 0.5) is 15.9 Å². The zero-order valence-electron chi connectivity index (χ0n) is 19.6. The Morgan fingerprint density at radius 2 is 1.86 bits per heavy atom. The zero-order valence-corrected chi connectivity index (χ0v) is 19.6. The maximum Gasteiger partial charge on any atom is 0.267 e. The molecule has 36 heavy (non-hydrogen) atoms. The third-order valence-corrected chi connectivity index (χ3v) is 5.54. The molecule has 0 atom stereocenters. The topological polar surface area (TPSA) is 94.5 Å². The van der Waals surface area contributed by atoms with Gasteiger partial charge in [-0.05, 0) is 74.5 Å². The van der Waals surface area contributed by atoms with E-state index < -0.39 is 17.3 Å². The van der Waals surface area contributed by atoms with Crippen LogP contribution in [0.2, 0.25) is 0 Å². The second-order valence-corrected chi connectivity index (χ2v) is 8.94. The number of hydrogen-bond donors (Lipinski definition) is 2. The first-order valence-corrected chi connectivity index (χ1v) is 11.3. The average Bonchev–Trinajstić information content (AvgIpc) is 2.85. The molecule has 0 spiro atoms. The number of rotatable bonds is 5. The highest BCUT2D eigenvalue weighted by Gasteiger charge is 2.29. The van der Waals surface area contributed by atoms with E-state index >= 15 is 0 Å². The Kier molecular flexibility index (Phi) is 5.89. The molecule has 5 rings (SSSR count). The standard InChI is InChI=1S/C27H23FN4O4/c1-27(2)16-35-23-22(13-14-29-24(23)31-27)36-20-11-7-18(8-12-20)30-25(33)21-4-3-15-32(26(21)34)19-9-5-17(28)6-10-19/h3-15H,16H2,1-2H3,(H,29,31)(H,30,33). The van der Waals surface area contributed by atoms with Gasteiger partial charge in [0.15, 0.2) is 11.6 Å². The summed E-state index contributed by atoms with van der Waals surface area (Å²) in [6.45, 7) is 4.51. The maximum absolute atomic E-state index is 13.2. The second-order valence-electron chi connectivity index (χ2n) is 8.94. The van der Waals surface area contributed by atoms with Crippen LogP contribution < -0.4 is 25.7 Å². The Balaban J connectivity index is 1.30. The number of fused-ring (bicyclic) bond motifs is 1. The molecule has 1 amide bonds. The van der Waals surface area contributed by atoms with Gasteiger partial charge in [0.05, 0.1) is 5.54 Å². The van der Waals surface area contributed by atoms with E-state index in [4.69, 9.17) is 9.47 Å². The number of nitrogens with zero attached hydrogens (tertiary/aromatic N) is 2. The summed E-state index contributed by atoms with van der Waals surface area (Å²) in [4.78, 5) is 30.0. The van der Waals surface area contributed by atoms with Gasteiger partial charge in [0.1, 0.15) is 23.7 Å². The largest absolute Gasteiger partial charge is 0.484 e. The van der Waals surface area contributed by atoms with Crippen molar-refractivity contribution in [2.24, 2.45) is 0 Å². The molecule has 2 aromatic carbocycles. The lowest BCUT2D eigenvalue weighted by atomic mass is 10.1. The van der Waals surface area contributed by atoms with Crippen LogP contribution in [0.25, 0.3) is 5.69 Å². The SMILES string of the molecule is CC1(C)COc2c(Oc3ccc(NC(=O)c4cccn(-c5ccc(F)cc5)c4=O)cc3)ccnc2N1. The molecule has 1 aliphatic rings. The Labute approximate surface area is 206 Å². The molecule has 0 saturated heterocycles. The van der Waals surface area contributed by atoms with Gasteiger partial charge in [0.2, 0.25) is 5.75 Å². The summed E-state index contributed by atoms with van der Waals surface area (Å²) in [5.74, 6) is 1.23. The van der Waals surface area contributed by atoms with Crippen LogP contribution in [0.1, 0.15) is 24.2 Å². The molecule has 9 heteroatoms. The summed E-state index contributed by atoms with van der Waals surface area (Å²) < 4.78 is 26.4. The van der Waals surface area contributed by atoms with Crippen LogP contribution in [0.3, 0.4) is 0 Å². The predicted octanol–water partition coefficient (Wildman–Crippen LogP) is 5.00. The van der Waals surface area contributed by atoms with Crippen molar-refractivity contribution in [1.82, 2.24) is 9.55 Å². The molecule has 2 N–H and O–H groups in total. The van der Waals surface area contributed by atoms with Crippen molar-refractivity contribution in [2.45, 2.75) is 19.4 Å². The number of aromatic nitrogens is 2. The molecule has 0 fully saturated rings. The van der Waals surface area contributed by atoms with Gasteiger partial charge in [-0.2, -0.15) is 0 Å². The first kappa shape index (κ1) is 23.1. The minimum atomic E-state index is -0.560. The van der Waals surface area contributed by atoms with Crippen molar-refractivity contribution in [3.63, 3.8) is 0 Å². The number of carbonyl (C=O) groups excluding carboxylic acids is 1. The number of amides is 1. The lowest BCUT2D eigenvalue weighted by Crippen LogP contribution is -2.41. The lowest BCUT2D eigenvalue weighted by Gasteiger charge is -2.33. The fourth-order valence-electron chi connectivity index (χ4n) is 3.75. The van der Waals surface area contributed by atoms with Gasteiger partial charge in [-0.25, -0.2) is 9.37 Å². The van der Waals surface area contributed by atoms with Crippen LogP contribution in [-0.4, -0.2) is 27.6 Å². The average molecular weight is 487 g/mol. The fourth-order valence-corrected chi connectivity index (χ4v) is 3.75. The summed E-state index contributed by atoms with van der Waals surface area (Å²) in [5, 5.41) is 6.05. The van der Waals surface area contributed by atoms with Gasteiger partial charge in [0.25, 0.3) is 11.5 Å². The van der Waals surface area contributed by atoms with E-state index in [0.29, 0.717) is 41.0 Å². The minimum absolute atomic E-state index is 0.0434. The molecular weight excluding hydrogens is 463 g/mol. The molecule has 2 aromatic heterocycles. The number of hydrogen-bond acceptors (Lipinski definition) is 6. The fraction of sp³-hybridized carbons (Fsp3) is 0.148. The number of ether oxygens (including phenoxy) is 2. The van der Waals surface area contributed by atoms with Crippen molar-refractivity contribution in [3.8, 4) is 22.9 Å². The molecule has 182 valence electrons. The van der Waals surface area contributed by atoms with Crippen LogP contribution in [0.15, 0.2) is 83.9 Å². The van der Waals surface area contributed by atoms with Crippen LogP contribution in [0.5, 0.6) is 17.2 Å². The van der Waals surface area contributed by atoms with Gasteiger partial charge >= 0.3 is 0 Å². The molecule has 0 radical (unpaired) electrons. The van der Waals surface area contributed by atoms with Crippen molar-refractivity contribution in [3.05, 3.63) is 101 Å². The third kappa shape index (κ3) is 4.76. The normalized spacial score (nSPS) is 13.6. The molecule has 3 heterocycles. The van der Waals surface area contributed by atoms with E-state index in [1.54, 1.807) is 42.6 Å². The van der Waals surface area contributed by atoms with Gasteiger partial charge in [-0.3, -0.25) is 14.2 Å². The number of pyridine rings is 2. The summed E-state index contributed by atoms with van der Waals surface area (Å²) in [6.07, 6.45) is 3.16. The van der Waals surface area contributed by atoms with Crippen molar-refractivity contribution in [2.75, 3.05) is 17.2 Å². The van der Waals surface area contributed by atoms with E-state index in [0.717, 1.165) is 0 Å². The summed E-state index contributed by atoms with van der Waals surface area (Å²) in [7, 11) is 0. The molecular formula is C27H23FN4O4. The minimum Gasteiger partial charge on any atom is -0.484 e. The van der Waals surface area contributed by atoms with Crippen molar-refractivity contribution >= 4 is 17.4 Å². The number of carbonyl (C=O) groups is 1. The van der Waals surface area contributed by atoms with Gasteiger partial charge in [-0.1, -0.05) is 0 Å². The Morgan fingerprint density at radius 3 is 2.61 bits per heavy atom. The summed E-state index contributed by atoms with van der Waals surface area (Å²) in [5.41, 5.74) is 0.150. The van der Waals surface area contributed by atoms with Gasteiger partial charge in [-0.15, -0.1) is 0 Å². The van der Waals surface area contributed by atoms with E-state index in [2.05, 4.69) is 15.6 Å². The molecule has 0 bridgehead atoms. The van der Waals surface area contributed by atoms with E-state index in [1.165, 1.54) is 41.1 Å². The van der Waals surface area contributed by atoms with Crippen LogP contribution in [0, 0.1) is 5.82 Å². The summed E-state index contributed by atoms with van der Waals surface area (Å²) >= 11 is 0. The number of halogens is 1. The van der Waals surface area contributed by atoms with E-state index in [1.807, 2.05) is 13.8 Å².